The van der Waals surface area contributed by atoms with Gasteiger partial charge in [0.2, 0.25) is 0 Å². The second kappa shape index (κ2) is 5.09. The Bertz CT molecular complexity index is 124. The van der Waals surface area contributed by atoms with Crippen molar-refractivity contribution in [3.63, 3.8) is 0 Å². The lowest BCUT2D eigenvalue weighted by molar-refractivity contribution is -0.314. The predicted molar refractivity (Wildman–Crippen MR) is 36.5 cm³/mol. The fourth-order valence-electron chi connectivity index (χ4n) is 0.929. The van der Waals surface area contributed by atoms with Crippen molar-refractivity contribution >= 4 is 5.97 Å². The number of aliphatic hydroxyl groups is 2. The minimum atomic E-state index is -1.26. The number of hydrogen-bond donors (Lipinski definition) is 2. The second-order valence-electron chi connectivity index (χ2n) is 2.41. The van der Waals surface area contributed by atoms with Crippen molar-refractivity contribution in [3.05, 3.63) is 0 Å². The monoisotopic (exact) mass is 161 g/mol. The molecule has 0 aromatic carbocycles. The Morgan fingerprint density at radius 3 is 2.45 bits per heavy atom. The van der Waals surface area contributed by atoms with Crippen LogP contribution < -0.4 is 5.11 Å². The van der Waals surface area contributed by atoms with Crippen molar-refractivity contribution in [1.29, 1.82) is 0 Å². The molecule has 0 aliphatic carbocycles. The summed E-state index contributed by atoms with van der Waals surface area (Å²) in [6.07, 6.45) is -0.578. The third-order valence-electron chi connectivity index (χ3n) is 1.63. The average Bonchev–Trinajstić information content (AvgIpc) is 1.88. The lowest BCUT2D eigenvalue weighted by atomic mass is 9.98. The quantitative estimate of drug-likeness (QED) is 0.514. The van der Waals surface area contributed by atoms with Crippen LogP contribution in [0, 0.1) is 5.92 Å². The Morgan fingerprint density at radius 1 is 1.64 bits per heavy atom. The van der Waals surface area contributed by atoms with Crippen molar-refractivity contribution in [2.45, 2.75) is 25.9 Å². The van der Waals surface area contributed by atoms with Gasteiger partial charge in [-0.05, 0) is 12.8 Å². The van der Waals surface area contributed by atoms with E-state index >= 15 is 0 Å². The van der Waals surface area contributed by atoms with Gasteiger partial charge in [-0.3, -0.25) is 0 Å². The van der Waals surface area contributed by atoms with Gasteiger partial charge in [0.15, 0.2) is 0 Å². The van der Waals surface area contributed by atoms with E-state index in [1.54, 1.807) is 6.92 Å². The molecule has 0 spiro atoms. The van der Waals surface area contributed by atoms with Gasteiger partial charge < -0.3 is 20.1 Å². The van der Waals surface area contributed by atoms with E-state index in [1.807, 2.05) is 0 Å². The van der Waals surface area contributed by atoms with Crippen molar-refractivity contribution in [1.82, 2.24) is 0 Å². The van der Waals surface area contributed by atoms with Gasteiger partial charge in [-0.1, -0.05) is 6.92 Å². The van der Waals surface area contributed by atoms with E-state index in [2.05, 4.69) is 0 Å². The molecule has 4 heteroatoms. The van der Waals surface area contributed by atoms with E-state index in [4.69, 9.17) is 10.2 Å². The average molecular weight is 161 g/mol. The largest absolute Gasteiger partial charge is 0.550 e. The molecule has 0 amide bonds. The maximum atomic E-state index is 10.3. The number of hydrogen-bond acceptors (Lipinski definition) is 4. The van der Waals surface area contributed by atoms with Crippen LogP contribution >= 0.6 is 0 Å². The summed E-state index contributed by atoms with van der Waals surface area (Å²) in [7, 11) is 0. The number of rotatable bonds is 5. The maximum Gasteiger partial charge on any atom is 0.0642 e. The first kappa shape index (κ1) is 10.4. The van der Waals surface area contributed by atoms with Crippen molar-refractivity contribution in [3.8, 4) is 0 Å². The molecule has 0 saturated carbocycles. The molecule has 0 rings (SSSR count). The third kappa shape index (κ3) is 3.34. The molecule has 0 saturated heterocycles. The van der Waals surface area contributed by atoms with E-state index in [-0.39, 0.29) is 13.0 Å². The van der Waals surface area contributed by atoms with Gasteiger partial charge in [0.25, 0.3) is 0 Å². The Morgan fingerprint density at radius 2 is 2.18 bits per heavy atom. The van der Waals surface area contributed by atoms with Crippen LogP contribution in [0.3, 0.4) is 0 Å². The number of carbonyl (C=O) groups excluding carboxylic acids is 1. The molecule has 0 fully saturated rings. The highest BCUT2D eigenvalue weighted by Gasteiger charge is 2.17. The van der Waals surface area contributed by atoms with E-state index in [1.165, 1.54) is 0 Å². The second-order valence-corrected chi connectivity index (χ2v) is 2.41. The van der Waals surface area contributed by atoms with Crippen LogP contribution in [0.4, 0.5) is 0 Å². The highest BCUT2D eigenvalue weighted by molar-refractivity contribution is 5.68. The molecule has 0 aromatic rings. The highest BCUT2D eigenvalue weighted by Crippen LogP contribution is 2.10. The molecular weight excluding hydrogens is 148 g/mol. The van der Waals surface area contributed by atoms with Crippen LogP contribution in [0.25, 0.3) is 0 Å². The van der Waals surface area contributed by atoms with Gasteiger partial charge in [-0.25, -0.2) is 0 Å². The zero-order valence-electron chi connectivity index (χ0n) is 6.49. The first-order valence-electron chi connectivity index (χ1n) is 3.63. The lowest BCUT2D eigenvalue weighted by Crippen LogP contribution is -2.38. The van der Waals surface area contributed by atoms with E-state index < -0.39 is 18.0 Å². The molecule has 66 valence electrons. The number of aliphatic carboxylic acids is 1. The SMILES string of the molecule is CCC(C(=O)[O-])C(O)CCO. The first-order valence-corrected chi connectivity index (χ1v) is 3.63. The highest BCUT2D eigenvalue weighted by atomic mass is 16.4. The first-order chi connectivity index (χ1) is 5.13. The topological polar surface area (TPSA) is 80.6 Å². The van der Waals surface area contributed by atoms with Crippen molar-refractivity contribution in [2.75, 3.05) is 6.61 Å². The van der Waals surface area contributed by atoms with Crippen molar-refractivity contribution < 1.29 is 20.1 Å². The Hall–Kier alpha value is -0.610. The van der Waals surface area contributed by atoms with E-state index in [0.717, 1.165) is 0 Å². The molecule has 2 unspecified atom stereocenters. The molecule has 4 nitrogen and oxygen atoms in total. The van der Waals surface area contributed by atoms with E-state index in [0.29, 0.717) is 6.42 Å². The summed E-state index contributed by atoms with van der Waals surface area (Å²) in [4.78, 5) is 10.3. The molecule has 0 bridgehead atoms. The third-order valence-corrected chi connectivity index (χ3v) is 1.63. The normalized spacial score (nSPS) is 15.9. The van der Waals surface area contributed by atoms with Crippen LogP contribution in [0.1, 0.15) is 19.8 Å². The molecule has 2 atom stereocenters. The maximum absolute atomic E-state index is 10.3. The van der Waals surface area contributed by atoms with Crippen LogP contribution in [0.5, 0.6) is 0 Å². The fourth-order valence-corrected chi connectivity index (χ4v) is 0.929. The molecule has 11 heavy (non-hydrogen) atoms. The summed E-state index contributed by atoms with van der Waals surface area (Å²) < 4.78 is 0. The number of carbonyl (C=O) groups is 1. The van der Waals surface area contributed by atoms with Gasteiger partial charge >= 0.3 is 0 Å². The Kier molecular flexibility index (Phi) is 4.81. The zero-order chi connectivity index (χ0) is 8.85. The van der Waals surface area contributed by atoms with Gasteiger partial charge in [-0.2, -0.15) is 0 Å². The fraction of sp³-hybridized carbons (Fsp3) is 0.857. The smallest absolute Gasteiger partial charge is 0.0642 e. The van der Waals surface area contributed by atoms with Gasteiger partial charge in [-0.15, -0.1) is 0 Å². The summed E-state index contributed by atoms with van der Waals surface area (Å²) in [6, 6.07) is 0. The summed E-state index contributed by atoms with van der Waals surface area (Å²) in [5, 5.41) is 27.8. The molecular formula is C7H13O4-. The van der Waals surface area contributed by atoms with Crippen LogP contribution in [-0.2, 0) is 4.79 Å². The standard InChI is InChI=1S/C7H14O4/c1-2-5(7(10)11)6(9)3-4-8/h5-6,8-9H,2-4H2,1H3,(H,10,11)/p-1. The van der Waals surface area contributed by atoms with Crippen LogP contribution in [-0.4, -0.2) is 28.9 Å². The minimum absolute atomic E-state index is 0.0898. The van der Waals surface area contributed by atoms with E-state index in [9.17, 15) is 9.90 Å². The Labute approximate surface area is 65.5 Å². The summed E-state index contributed by atoms with van der Waals surface area (Å²) in [5.74, 6) is -2.12. The summed E-state index contributed by atoms with van der Waals surface area (Å²) in [5.41, 5.74) is 0. The van der Waals surface area contributed by atoms with Gasteiger partial charge in [0.05, 0.1) is 6.10 Å². The Balaban J connectivity index is 3.91. The predicted octanol–water partition coefficient (Wildman–Crippen LogP) is -1.49. The van der Waals surface area contributed by atoms with Crippen LogP contribution in [0.2, 0.25) is 0 Å². The molecule has 0 radical (unpaired) electrons. The minimum Gasteiger partial charge on any atom is -0.550 e. The molecule has 2 N–H and O–H groups in total. The molecule has 0 aromatic heterocycles. The summed E-state index contributed by atoms with van der Waals surface area (Å²) >= 11 is 0. The number of carboxylic acids is 1. The number of aliphatic hydroxyl groups excluding tert-OH is 2. The van der Waals surface area contributed by atoms with Crippen LogP contribution in [0.15, 0.2) is 0 Å². The van der Waals surface area contributed by atoms with Gasteiger partial charge in [0, 0.05) is 18.5 Å². The number of carboxylic acid groups (broad SMARTS) is 1. The lowest BCUT2D eigenvalue weighted by Gasteiger charge is -2.21. The zero-order valence-corrected chi connectivity index (χ0v) is 6.49. The molecule has 0 aliphatic rings. The molecule has 0 aliphatic heterocycles. The summed E-state index contributed by atoms with van der Waals surface area (Å²) in [6.45, 7) is 1.45. The van der Waals surface area contributed by atoms with Crippen molar-refractivity contribution in [2.24, 2.45) is 5.92 Å². The molecule has 0 heterocycles. The van der Waals surface area contributed by atoms with Gasteiger partial charge in [0.1, 0.15) is 0 Å².